The van der Waals surface area contributed by atoms with E-state index < -0.39 is 55.4 Å². The highest BCUT2D eigenvalue weighted by Crippen LogP contribution is 2.50. The molecule has 376 valence electrons. The monoisotopic (exact) mass is 1070 g/mol. The third-order valence-corrected chi connectivity index (χ3v) is 52.7. The number of hydrogen-bond acceptors (Lipinski definition) is 12. The molecule has 0 saturated carbocycles. The maximum absolute atomic E-state index is 13.3. The average molecular weight is 1070 g/mol. The van der Waals surface area contributed by atoms with Crippen molar-refractivity contribution in [1.29, 1.82) is 0 Å². The first-order chi connectivity index (χ1) is 31.3. The second-order valence-electron chi connectivity index (χ2n) is 23.7. The molecular weight excluding hydrogens is 985 g/mol. The summed E-state index contributed by atoms with van der Waals surface area (Å²) in [6, 6.07) is 0. The highest BCUT2D eigenvalue weighted by atomic mass is 32.1. The van der Waals surface area contributed by atoms with Crippen molar-refractivity contribution in [3.63, 3.8) is 0 Å². The first-order valence-corrected chi connectivity index (χ1v) is 37.8. The van der Waals surface area contributed by atoms with Crippen LogP contribution in [-0.4, -0.2) is 75.4 Å². The number of rotatable bonds is 16. The quantitative estimate of drug-likeness (QED) is 0.0804. The van der Waals surface area contributed by atoms with E-state index in [2.05, 4.69) is 166 Å². The van der Waals surface area contributed by atoms with E-state index in [1.165, 1.54) is 0 Å². The molecule has 0 saturated heterocycles. The van der Waals surface area contributed by atoms with Gasteiger partial charge >= 0.3 is 0 Å². The molecule has 0 atom stereocenters. The molecule has 8 nitrogen and oxygen atoms in total. The lowest BCUT2D eigenvalue weighted by atomic mass is 10.0. The number of Topliss-reactive ketones (excluding diaryl/α,β-unsaturated/α-hetero) is 4. The molecule has 0 unspecified atom stereocenters. The summed E-state index contributed by atoms with van der Waals surface area (Å²) in [4.78, 5) is 76.7. The van der Waals surface area contributed by atoms with E-state index in [-0.39, 0.29) is 0 Å². The Morgan fingerprint density at radius 3 is 0.471 bits per heavy atom. The third-order valence-electron chi connectivity index (χ3n) is 17.1. The first kappa shape index (κ1) is 57.0. The summed E-state index contributed by atoms with van der Waals surface area (Å²) in [6.45, 7) is 55.4. The van der Waals surface area contributed by atoms with E-state index in [4.69, 9.17) is 19.9 Å². The van der Waals surface area contributed by atoms with Gasteiger partial charge in [0, 0.05) is 0 Å². The van der Waals surface area contributed by atoms with Crippen molar-refractivity contribution in [2.45, 2.75) is 233 Å². The Labute approximate surface area is 430 Å². The molecule has 16 heteroatoms. The third kappa shape index (κ3) is 8.41. The fraction of sp³-hybridized carbons (Fsp3) is 0.692. The van der Waals surface area contributed by atoms with Gasteiger partial charge in [-0.3, -0.25) is 19.2 Å². The Bertz CT molecular complexity index is 2110. The fourth-order valence-corrected chi connectivity index (χ4v) is 53.9. The number of thiazole rings is 4. The van der Waals surface area contributed by atoms with Gasteiger partial charge in [-0.2, -0.15) is 0 Å². The zero-order valence-corrected chi connectivity index (χ0v) is 53.2. The Kier molecular flexibility index (Phi) is 17.2. The molecule has 0 aliphatic heterocycles. The Morgan fingerprint density at radius 1 is 0.250 bits per heavy atom. The van der Waals surface area contributed by atoms with Crippen LogP contribution in [0.25, 0.3) is 19.5 Å². The molecule has 4 aromatic rings. The number of hydrogen-bond donors (Lipinski definition) is 0. The SMILES string of the molecule is CC(C)[Si](c1nc2c(s1)-c1sc([Si](C(C)C)(C(C)C)C(C)C)nc1C(=O)C2=O)(C(C)C)C(C)C.CC(C)[Si](c1nc2c(s1)-c1sc([Si](C(C)C)(C(C)C)C(C)C)nc1C(=O)C2=O)(C(C)C)C(C)C. The van der Waals surface area contributed by atoms with Gasteiger partial charge in [0.1, 0.15) is 55.1 Å². The summed E-state index contributed by atoms with van der Waals surface area (Å²) >= 11 is 6.75. The van der Waals surface area contributed by atoms with Gasteiger partial charge in [-0.1, -0.05) is 166 Å². The highest BCUT2D eigenvalue weighted by molar-refractivity contribution is 7.36. The highest BCUT2D eigenvalue weighted by Gasteiger charge is 2.54. The molecule has 0 N–H and O–H groups in total. The molecule has 0 spiro atoms. The van der Waals surface area contributed by atoms with E-state index in [0.717, 1.165) is 38.0 Å². The van der Waals surface area contributed by atoms with Crippen LogP contribution in [0.4, 0.5) is 0 Å². The van der Waals surface area contributed by atoms with Crippen molar-refractivity contribution in [3.8, 4) is 19.5 Å². The van der Waals surface area contributed by atoms with Crippen molar-refractivity contribution in [2.24, 2.45) is 0 Å². The van der Waals surface area contributed by atoms with Crippen molar-refractivity contribution in [2.75, 3.05) is 0 Å². The van der Waals surface area contributed by atoms with Gasteiger partial charge in [0.15, 0.2) is 0 Å². The summed E-state index contributed by atoms with van der Waals surface area (Å²) in [5.74, 6) is -1.86. The van der Waals surface area contributed by atoms with Crippen LogP contribution in [0.15, 0.2) is 0 Å². The number of fused-ring (bicyclic) bond motifs is 6. The van der Waals surface area contributed by atoms with E-state index in [1.807, 2.05) is 0 Å². The lowest BCUT2D eigenvalue weighted by molar-refractivity contribution is 0.0810. The van der Waals surface area contributed by atoms with E-state index in [1.54, 1.807) is 45.3 Å². The number of ketones is 4. The fourth-order valence-electron chi connectivity index (χ4n) is 14.6. The Hall–Kier alpha value is -1.93. The van der Waals surface area contributed by atoms with Crippen molar-refractivity contribution < 1.29 is 19.2 Å². The Balaban J connectivity index is 0.000000254. The normalized spacial score (nSPS) is 15.0. The molecule has 0 radical (unpaired) electrons. The summed E-state index contributed by atoms with van der Waals surface area (Å²) in [5, 5.41) is 0. The van der Waals surface area contributed by atoms with Crippen LogP contribution in [0.2, 0.25) is 66.5 Å². The predicted octanol–water partition coefficient (Wildman–Crippen LogP) is 14.8. The largest absolute Gasteiger partial charge is 0.283 e. The predicted molar refractivity (Wildman–Crippen MR) is 306 cm³/mol. The standard InChI is InChI=1S/2C26H42N2O2S2Si2/c2*1-13(2)33(14(3)4,15(5)6)25-27-19-21(29)22(30)20-24(23(19)31-25)32-26(28-20)34(16(7)8,17(9)10)18(11)12/h2*13-18H,1-12H3. The van der Waals surface area contributed by atoms with Crippen molar-refractivity contribution in [3.05, 3.63) is 22.8 Å². The molecule has 68 heavy (non-hydrogen) atoms. The molecule has 0 fully saturated rings. The minimum atomic E-state index is -2.04. The van der Waals surface area contributed by atoms with Gasteiger partial charge in [-0.15, -0.1) is 45.3 Å². The van der Waals surface area contributed by atoms with Gasteiger partial charge in [0.05, 0.1) is 38.0 Å². The summed E-state index contributed by atoms with van der Waals surface area (Å²) in [7, 11) is -8.15. The summed E-state index contributed by atoms with van der Waals surface area (Å²) < 4.78 is 4.51. The zero-order chi connectivity index (χ0) is 51.8. The molecule has 0 amide bonds. The smallest absolute Gasteiger partial charge is 0.255 e. The van der Waals surface area contributed by atoms with Gasteiger partial charge in [0.25, 0.3) is 23.1 Å². The summed E-state index contributed by atoms with van der Waals surface area (Å²) in [6.07, 6.45) is 0. The molecule has 2 aliphatic rings. The summed E-state index contributed by atoms with van der Waals surface area (Å²) in [5.41, 5.74) is 7.44. The number of aromatic nitrogens is 4. The molecule has 4 heterocycles. The molecule has 0 bridgehead atoms. The van der Waals surface area contributed by atoms with Crippen LogP contribution in [0.1, 0.15) is 208 Å². The van der Waals surface area contributed by atoms with Gasteiger partial charge in [-0.25, -0.2) is 19.9 Å². The lowest BCUT2D eigenvalue weighted by Crippen LogP contribution is -2.55. The van der Waals surface area contributed by atoms with Crippen LogP contribution in [-0.2, 0) is 0 Å². The van der Waals surface area contributed by atoms with Crippen LogP contribution in [0, 0.1) is 0 Å². The number of nitrogens with zero attached hydrogens (tertiary/aromatic N) is 4. The van der Waals surface area contributed by atoms with Crippen LogP contribution >= 0.6 is 45.3 Å². The molecular formula is C52H84N4O4S4Si4. The van der Waals surface area contributed by atoms with Gasteiger partial charge < -0.3 is 0 Å². The number of carbonyl (C=O) groups excluding carboxylic acids is 4. The van der Waals surface area contributed by atoms with Crippen molar-refractivity contribution >= 4 is 119 Å². The topological polar surface area (TPSA) is 120 Å². The zero-order valence-electron chi connectivity index (χ0n) is 46.0. The van der Waals surface area contributed by atoms with Gasteiger partial charge in [-0.05, 0) is 66.5 Å². The second-order valence-corrected chi connectivity index (χ2v) is 52.4. The Morgan fingerprint density at radius 2 is 0.368 bits per heavy atom. The average Bonchev–Trinajstić information content (AvgIpc) is 4.01. The van der Waals surface area contributed by atoms with Crippen LogP contribution in [0.5, 0.6) is 0 Å². The lowest BCUT2D eigenvalue weighted by Gasteiger charge is -2.41. The van der Waals surface area contributed by atoms with Gasteiger partial charge in [0.2, 0.25) is 0 Å². The second kappa shape index (κ2) is 20.5. The van der Waals surface area contributed by atoms with E-state index in [0.29, 0.717) is 89.3 Å². The first-order valence-electron chi connectivity index (χ1n) is 25.6. The molecule has 6 rings (SSSR count). The maximum atomic E-state index is 13.3. The molecule has 0 aromatic carbocycles. The molecule has 2 aliphatic carbocycles. The minimum absolute atomic E-state index is 0.387. The van der Waals surface area contributed by atoms with Crippen LogP contribution in [0.3, 0.4) is 0 Å². The van der Waals surface area contributed by atoms with Crippen LogP contribution < -0.4 is 18.5 Å². The molecule has 4 aromatic heterocycles. The van der Waals surface area contributed by atoms with Crippen molar-refractivity contribution in [1.82, 2.24) is 19.9 Å². The maximum Gasteiger partial charge on any atom is 0.255 e. The number of carbonyl (C=O) groups is 4. The van der Waals surface area contributed by atoms with E-state index in [9.17, 15) is 19.2 Å². The minimum Gasteiger partial charge on any atom is -0.283 e. The van der Waals surface area contributed by atoms with E-state index >= 15 is 0 Å².